The lowest BCUT2D eigenvalue weighted by atomic mass is 10.1. The lowest BCUT2D eigenvalue weighted by molar-refractivity contribution is 0.138. The number of nitrogens with zero attached hydrogens (tertiary/aromatic N) is 2. The first-order chi connectivity index (χ1) is 11.1. The average molecular weight is 317 g/mol. The van der Waals surface area contributed by atoms with Crippen LogP contribution in [0.4, 0.5) is 4.79 Å². The molecule has 4 nitrogen and oxygen atoms in total. The Hall–Kier alpha value is -1.55. The summed E-state index contributed by atoms with van der Waals surface area (Å²) in [4.78, 5) is 16.5. The van der Waals surface area contributed by atoms with E-state index in [1.165, 1.54) is 12.0 Å². The molecule has 4 heteroatoms. The maximum Gasteiger partial charge on any atom is 0.317 e. The Bertz CT molecular complexity index is 453. The molecule has 1 aromatic carbocycles. The molecule has 0 aromatic heterocycles. The van der Waals surface area contributed by atoms with Gasteiger partial charge in [0.05, 0.1) is 0 Å². The summed E-state index contributed by atoms with van der Waals surface area (Å²) >= 11 is 0. The summed E-state index contributed by atoms with van der Waals surface area (Å²) in [6.45, 7) is 9.95. The van der Waals surface area contributed by atoms with Crippen molar-refractivity contribution in [3.63, 3.8) is 0 Å². The van der Waals surface area contributed by atoms with Crippen molar-refractivity contribution < 1.29 is 4.79 Å². The molecule has 23 heavy (non-hydrogen) atoms. The third-order valence-corrected chi connectivity index (χ3v) is 4.44. The van der Waals surface area contributed by atoms with Crippen LogP contribution in [-0.4, -0.2) is 55.1 Å². The molecule has 1 fully saturated rings. The molecule has 0 radical (unpaired) electrons. The fraction of sp³-hybridized carbons (Fsp3) is 0.632. The van der Waals surface area contributed by atoms with Gasteiger partial charge >= 0.3 is 6.03 Å². The molecule has 1 saturated heterocycles. The van der Waals surface area contributed by atoms with Crippen LogP contribution < -0.4 is 5.32 Å². The van der Waals surface area contributed by atoms with Crippen molar-refractivity contribution in [3.05, 3.63) is 35.9 Å². The van der Waals surface area contributed by atoms with E-state index in [9.17, 15) is 4.79 Å². The van der Waals surface area contributed by atoms with Gasteiger partial charge in [0.2, 0.25) is 0 Å². The van der Waals surface area contributed by atoms with Crippen LogP contribution in [0, 0.1) is 5.92 Å². The SMILES string of the molecule is CC(C)CCNC(=O)N1CCN(CCCc2ccccc2)CC1. The second-order valence-corrected chi connectivity index (χ2v) is 6.83. The van der Waals surface area contributed by atoms with Crippen molar-refractivity contribution >= 4 is 6.03 Å². The van der Waals surface area contributed by atoms with Crippen LogP contribution in [0.3, 0.4) is 0 Å². The Morgan fingerprint density at radius 3 is 2.48 bits per heavy atom. The molecule has 1 aliphatic heterocycles. The Morgan fingerprint density at radius 2 is 1.83 bits per heavy atom. The van der Waals surface area contributed by atoms with Crippen LogP contribution in [0.1, 0.15) is 32.3 Å². The van der Waals surface area contributed by atoms with Crippen molar-refractivity contribution in [2.75, 3.05) is 39.3 Å². The fourth-order valence-corrected chi connectivity index (χ4v) is 2.91. The molecule has 0 spiro atoms. The number of carbonyl (C=O) groups is 1. The molecule has 0 atom stereocenters. The molecule has 0 aliphatic carbocycles. The summed E-state index contributed by atoms with van der Waals surface area (Å²) in [6.07, 6.45) is 3.37. The Kier molecular flexibility index (Phi) is 7.40. The summed E-state index contributed by atoms with van der Waals surface area (Å²) in [5.74, 6) is 0.636. The van der Waals surface area contributed by atoms with Crippen LogP contribution in [0.25, 0.3) is 0 Å². The zero-order valence-electron chi connectivity index (χ0n) is 14.6. The predicted molar refractivity (Wildman–Crippen MR) is 95.6 cm³/mol. The molecule has 1 aliphatic rings. The smallest absolute Gasteiger partial charge is 0.317 e. The normalized spacial score (nSPS) is 15.9. The molecule has 1 N–H and O–H groups in total. The van der Waals surface area contributed by atoms with Gasteiger partial charge in [0.1, 0.15) is 0 Å². The number of aryl methyl sites for hydroxylation is 1. The van der Waals surface area contributed by atoms with Gasteiger partial charge in [-0.05, 0) is 37.3 Å². The maximum atomic E-state index is 12.1. The van der Waals surface area contributed by atoms with Crippen molar-refractivity contribution in [1.82, 2.24) is 15.1 Å². The summed E-state index contributed by atoms with van der Waals surface area (Å²) in [7, 11) is 0. The van der Waals surface area contributed by atoms with Gasteiger partial charge in [0.15, 0.2) is 0 Å². The van der Waals surface area contributed by atoms with Gasteiger partial charge in [0.25, 0.3) is 0 Å². The van der Waals surface area contributed by atoms with Crippen LogP contribution >= 0.6 is 0 Å². The standard InChI is InChI=1S/C19H31N3O/c1-17(2)10-11-20-19(23)22-15-13-21(14-16-22)12-6-9-18-7-4-3-5-8-18/h3-5,7-8,17H,6,9-16H2,1-2H3,(H,20,23). The first-order valence-corrected chi connectivity index (χ1v) is 8.94. The second-order valence-electron chi connectivity index (χ2n) is 6.83. The number of nitrogens with one attached hydrogen (secondary N) is 1. The number of hydrogen-bond donors (Lipinski definition) is 1. The highest BCUT2D eigenvalue weighted by atomic mass is 16.2. The van der Waals surface area contributed by atoms with Gasteiger partial charge in [-0.3, -0.25) is 4.90 Å². The number of carbonyl (C=O) groups excluding carboxylic acids is 1. The van der Waals surface area contributed by atoms with Crippen molar-refractivity contribution in [2.45, 2.75) is 33.1 Å². The number of rotatable bonds is 7. The van der Waals surface area contributed by atoms with Crippen LogP contribution in [-0.2, 0) is 6.42 Å². The van der Waals surface area contributed by atoms with Gasteiger partial charge < -0.3 is 10.2 Å². The van der Waals surface area contributed by atoms with E-state index in [1.807, 2.05) is 4.90 Å². The van der Waals surface area contributed by atoms with E-state index >= 15 is 0 Å². The van der Waals surface area contributed by atoms with E-state index in [0.717, 1.165) is 52.1 Å². The number of amides is 2. The topological polar surface area (TPSA) is 35.6 Å². The Morgan fingerprint density at radius 1 is 1.13 bits per heavy atom. The molecule has 0 saturated carbocycles. The highest BCUT2D eigenvalue weighted by Gasteiger charge is 2.20. The average Bonchev–Trinajstić information content (AvgIpc) is 2.56. The van der Waals surface area contributed by atoms with E-state index in [2.05, 4.69) is 54.4 Å². The number of piperazine rings is 1. The first-order valence-electron chi connectivity index (χ1n) is 8.94. The fourth-order valence-electron chi connectivity index (χ4n) is 2.91. The van der Waals surface area contributed by atoms with Gasteiger partial charge in [-0.1, -0.05) is 44.2 Å². The zero-order valence-corrected chi connectivity index (χ0v) is 14.6. The number of benzene rings is 1. The van der Waals surface area contributed by atoms with E-state index in [-0.39, 0.29) is 6.03 Å². The molecular formula is C19H31N3O. The minimum absolute atomic E-state index is 0.106. The lowest BCUT2D eigenvalue weighted by Crippen LogP contribution is -2.52. The quantitative estimate of drug-likeness (QED) is 0.839. The van der Waals surface area contributed by atoms with Crippen molar-refractivity contribution in [3.8, 4) is 0 Å². The minimum atomic E-state index is 0.106. The third kappa shape index (κ3) is 6.61. The van der Waals surface area contributed by atoms with Gasteiger partial charge in [-0.25, -0.2) is 4.79 Å². The molecule has 0 bridgehead atoms. The van der Waals surface area contributed by atoms with Gasteiger partial charge in [-0.2, -0.15) is 0 Å². The van der Waals surface area contributed by atoms with E-state index in [1.54, 1.807) is 0 Å². The molecule has 0 unspecified atom stereocenters. The second kappa shape index (κ2) is 9.56. The van der Waals surface area contributed by atoms with Gasteiger partial charge in [-0.15, -0.1) is 0 Å². The largest absolute Gasteiger partial charge is 0.338 e. The molecular weight excluding hydrogens is 286 g/mol. The van der Waals surface area contributed by atoms with E-state index in [0.29, 0.717) is 5.92 Å². The molecule has 128 valence electrons. The number of urea groups is 1. The van der Waals surface area contributed by atoms with E-state index in [4.69, 9.17) is 0 Å². The highest BCUT2D eigenvalue weighted by molar-refractivity contribution is 5.74. The van der Waals surface area contributed by atoms with Crippen molar-refractivity contribution in [1.29, 1.82) is 0 Å². The molecule has 2 rings (SSSR count). The Labute approximate surface area is 140 Å². The summed E-state index contributed by atoms with van der Waals surface area (Å²) in [5.41, 5.74) is 1.41. The monoisotopic (exact) mass is 317 g/mol. The first kappa shape index (κ1) is 17.8. The summed E-state index contributed by atoms with van der Waals surface area (Å²) in [5, 5.41) is 3.03. The van der Waals surface area contributed by atoms with Crippen LogP contribution in [0.2, 0.25) is 0 Å². The van der Waals surface area contributed by atoms with E-state index < -0.39 is 0 Å². The minimum Gasteiger partial charge on any atom is -0.338 e. The lowest BCUT2D eigenvalue weighted by Gasteiger charge is -2.34. The highest BCUT2D eigenvalue weighted by Crippen LogP contribution is 2.07. The molecule has 2 amide bonds. The van der Waals surface area contributed by atoms with Crippen LogP contribution in [0.5, 0.6) is 0 Å². The predicted octanol–water partition coefficient (Wildman–Crippen LogP) is 2.99. The summed E-state index contributed by atoms with van der Waals surface area (Å²) < 4.78 is 0. The van der Waals surface area contributed by atoms with Gasteiger partial charge in [0, 0.05) is 32.7 Å². The zero-order chi connectivity index (χ0) is 16.5. The molecule has 1 aromatic rings. The number of hydrogen-bond acceptors (Lipinski definition) is 2. The Balaban J connectivity index is 1.59. The maximum absolute atomic E-state index is 12.1. The molecule has 1 heterocycles. The van der Waals surface area contributed by atoms with Crippen molar-refractivity contribution in [2.24, 2.45) is 5.92 Å². The van der Waals surface area contributed by atoms with Crippen LogP contribution in [0.15, 0.2) is 30.3 Å². The third-order valence-electron chi connectivity index (χ3n) is 4.44. The summed E-state index contributed by atoms with van der Waals surface area (Å²) in [6, 6.07) is 10.8.